The van der Waals surface area contributed by atoms with Gasteiger partial charge in [-0.15, -0.1) is 30.6 Å². The second kappa shape index (κ2) is 7.08. The molecule has 0 aromatic rings. The summed E-state index contributed by atoms with van der Waals surface area (Å²) in [4.78, 5) is 4.07. The van der Waals surface area contributed by atoms with E-state index in [1.807, 2.05) is 6.92 Å². The fourth-order valence-electron chi connectivity index (χ4n) is 1.43. The number of nitrogens with zero attached hydrogens (tertiary/aromatic N) is 1. The SMILES string of the molecule is C=CCNC(N)=NCC1(O)CCOC1C.I. The zero-order valence-corrected chi connectivity index (χ0v) is 11.8. The lowest BCUT2D eigenvalue weighted by Gasteiger charge is -2.23. The smallest absolute Gasteiger partial charge is 0.188 e. The van der Waals surface area contributed by atoms with Crippen molar-refractivity contribution in [3.63, 3.8) is 0 Å². The van der Waals surface area contributed by atoms with Crippen molar-refractivity contribution in [2.75, 3.05) is 19.7 Å². The summed E-state index contributed by atoms with van der Waals surface area (Å²) in [6, 6.07) is 0. The molecule has 1 saturated heterocycles. The molecule has 0 spiro atoms. The van der Waals surface area contributed by atoms with Gasteiger partial charge in [0.2, 0.25) is 0 Å². The van der Waals surface area contributed by atoms with Gasteiger partial charge in [-0.2, -0.15) is 0 Å². The standard InChI is InChI=1S/C10H19N3O2.HI/c1-3-5-12-9(11)13-7-10(14)4-6-15-8(10)2;/h3,8,14H,1,4-7H2,2H3,(H3,11,12,13);1H. The number of hydrogen-bond acceptors (Lipinski definition) is 3. The summed E-state index contributed by atoms with van der Waals surface area (Å²) in [5.74, 6) is 0.322. The molecule has 16 heavy (non-hydrogen) atoms. The Balaban J connectivity index is 0.00000225. The van der Waals surface area contributed by atoms with Gasteiger partial charge in [-0.25, -0.2) is 0 Å². The van der Waals surface area contributed by atoms with Gasteiger partial charge in [-0.3, -0.25) is 4.99 Å². The van der Waals surface area contributed by atoms with Crippen molar-refractivity contribution < 1.29 is 9.84 Å². The van der Waals surface area contributed by atoms with Crippen molar-refractivity contribution in [3.05, 3.63) is 12.7 Å². The van der Waals surface area contributed by atoms with Gasteiger partial charge in [0.05, 0.1) is 12.6 Å². The first-order chi connectivity index (χ1) is 7.08. The molecule has 6 heteroatoms. The first-order valence-electron chi connectivity index (χ1n) is 5.07. The molecule has 0 aliphatic carbocycles. The third-order valence-electron chi connectivity index (χ3n) is 2.61. The number of guanidine groups is 1. The molecule has 1 aliphatic rings. The van der Waals surface area contributed by atoms with Crippen LogP contribution in [-0.2, 0) is 4.74 Å². The number of hydrogen-bond donors (Lipinski definition) is 3. The van der Waals surface area contributed by atoms with Crippen molar-refractivity contribution in [1.82, 2.24) is 5.32 Å². The number of aliphatic imine (C=N–C) groups is 1. The lowest BCUT2D eigenvalue weighted by molar-refractivity contribution is -0.0201. The number of nitrogens with one attached hydrogen (secondary N) is 1. The van der Waals surface area contributed by atoms with Gasteiger partial charge in [0.15, 0.2) is 5.96 Å². The maximum absolute atomic E-state index is 10.1. The summed E-state index contributed by atoms with van der Waals surface area (Å²) < 4.78 is 5.29. The molecule has 0 aromatic carbocycles. The molecular weight excluding hydrogens is 321 g/mol. The third-order valence-corrected chi connectivity index (χ3v) is 2.61. The van der Waals surface area contributed by atoms with Crippen LogP contribution in [-0.4, -0.2) is 42.5 Å². The van der Waals surface area contributed by atoms with E-state index in [1.165, 1.54) is 0 Å². The second-order valence-electron chi connectivity index (χ2n) is 3.74. The van der Waals surface area contributed by atoms with Crippen LogP contribution < -0.4 is 11.1 Å². The highest BCUT2D eigenvalue weighted by atomic mass is 127. The number of ether oxygens (including phenoxy) is 1. The largest absolute Gasteiger partial charge is 0.385 e. The lowest BCUT2D eigenvalue weighted by atomic mass is 9.97. The second-order valence-corrected chi connectivity index (χ2v) is 3.74. The Kier molecular flexibility index (Phi) is 6.93. The van der Waals surface area contributed by atoms with E-state index in [-0.39, 0.29) is 36.6 Å². The summed E-state index contributed by atoms with van der Waals surface area (Å²) in [6.45, 7) is 6.81. The Morgan fingerprint density at radius 2 is 2.50 bits per heavy atom. The Hall–Kier alpha value is -0.340. The molecule has 0 radical (unpaired) electrons. The Morgan fingerprint density at radius 3 is 3.00 bits per heavy atom. The summed E-state index contributed by atoms with van der Waals surface area (Å²) >= 11 is 0. The minimum Gasteiger partial charge on any atom is -0.385 e. The highest BCUT2D eigenvalue weighted by molar-refractivity contribution is 14.0. The molecular formula is C10H20IN3O2. The van der Waals surface area contributed by atoms with Crippen LogP contribution in [0.15, 0.2) is 17.6 Å². The Labute approximate surface area is 113 Å². The van der Waals surface area contributed by atoms with Gasteiger partial charge in [-0.05, 0) is 6.92 Å². The van der Waals surface area contributed by atoms with Crippen LogP contribution in [0.1, 0.15) is 13.3 Å². The van der Waals surface area contributed by atoms with Gasteiger partial charge in [0, 0.05) is 19.6 Å². The molecule has 1 fully saturated rings. The fourth-order valence-corrected chi connectivity index (χ4v) is 1.43. The molecule has 1 heterocycles. The summed E-state index contributed by atoms with van der Waals surface area (Å²) in [6.07, 6.45) is 2.11. The van der Waals surface area contributed by atoms with E-state index < -0.39 is 5.60 Å². The average molecular weight is 341 g/mol. The maximum Gasteiger partial charge on any atom is 0.188 e. The van der Waals surface area contributed by atoms with Crippen LogP contribution in [0.4, 0.5) is 0 Å². The zero-order chi connectivity index (χ0) is 11.3. The predicted octanol–water partition coefficient (Wildman–Crippen LogP) is 0.235. The Bertz CT molecular complexity index is 260. The lowest BCUT2D eigenvalue weighted by Crippen LogP contribution is -2.41. The van der Waals surface area contributed by atoms with Crippen LogP contribution in [0.3, 0.4) is 0 Å². The highest BCUT2D eigenvalue weighted by Gasteiger charge is 2.39. The van der Waals surface area contributed by atoms with Crippen LogP contribution >= 0.6 is 24.0 Å². The summed E-state index contributed by atoms with van der Waals surface area (Å²) in [5.41, 5.74) is 4.71. The van der Waals surface area contributed by atoms with Gasteiger partial charge in [0.25, 0.3) is 0 Å². The van der Waals surface area contributed by atoms with Crippen molar-refractivity contribution in [3.8, 4) is 0 Å². The van der Waals surface area contributed by atoms with E-state index in [2.05, 4.69) is 16.9 Å². The summed E-state index contributed by atoms with van der Waals surface area (Å²) in [5, 5.41) is 12.9. The molecule has 4 N–H and O–H groups in total. The van der Waals surface area contributed by atoms with E-state index in [4.69, 9.17) is 10.5 Å². The molecule has 1 rings (SSSR count). The molecule has 2 unspecified atom stereocenters. The monoisotopic (exact) mass is 341 g/mol. The van der Waals surface area contributed by atoms with Crippen LogP contribution in [0, 0.1) is 0 Å². The van der Waals surface area contributed by atoms with Gasteiger partial charge >= 0.3 is 0 Å². The molecule has 0 amide bonds. The number of aliphatic hydroxyl groups is 1. The minimum atomic E-state index is -0.875. The van der Waals surface area contributed by atoms with Gasteiger partial charge < -0.3 is 20.9 Å². The normalized spacial score (nSPS) is 29.6. The minimum absolute atomic E-state index is 0. The molecule has 1 aliphatic heterocycles. The van der Waals surface area contributed by atoms with Crippen molar-refractivity contribution in [2.24, 2.45) is 10.7 Å². The van der Waals surface area contributed by atoms with Crippen LogP contribution in [0.25, 0.3) is 0 Å². The fraction of sp³-hybridized carbons (Fsp3) is 0.700. The molecule has 5 nitrogen and oxygen atoms in total. The molecule has 0 aromatic heterocycles. The van der Waals surface area contributed by atoms with Gasteiger partial charge in [-0.1, -0.05) is 6.08 Å². The highest BCUT2D eigenvalue weighted by Crippen LogP contribution is 2.25. The first-order valence-corrected chi connectivity index (χ1v) is 5.07. The van der Waals surface area contributed by atoms with Crippen LogP contribution in [0.2, 0.25) is 0 Å². The van der Waals surface area contributed by atoms with Crippen LogP contribution in [0.5, 0.6) is 0 Å². The molecule has 0 bridgehead atoms. The summed E-state index contributed by atoms with van der Waals surface area (Å²) in [7, 11) is 0. The van der Waals surface area contributed by atoms with E-state index in [0.717, 1.165) is 0 Å². The quantitative estimate of drug-likeness (QED) is 0.296. The maximum atomic E-state index is 10.1. The number of nitrogens with two attached hydrogens (primary N) is 1. The van der Waals surface area contributed by atoms with E-state index in [9.17, 15) is 5.11 Å². The van der Waals surface area contributed by atoms with Crippen molar-refractivity contribution >= 4 is 29.9 Å². The molecule has 94 valence electrons. The zero-order valence-electron chi connectivity index (χ0n) is 9.48. The Morgan fingerprint density at radius 1 is 1.81 bits per heavy atom. The number of halogens is 1. The molecule has 0 saturated carbocycles. The topological polar surface area (TPSA) is 79.9 Å². The van der Waals surface area contributed by atoms with Crippen molar-refractivity contribution in [2.45, 2.75) is 25.0 Å². The predicted molar refractivity (Wildman–Crippen MR) is 75.1 cm³/mol. The van der Waals surface area contributed by atoms with Gasteiger partial charge in [0.1, 0.15) is 5.60 Å². The third kappa shape index (κ3) is 4.26. The first kappa shape index (κ1) is 15.7. The molecule has 2 atom stereocenters. The van der Waals surface area contributed by atoms with E-state index >= 15 is 0 Å². The van der Waals surface area contributed by atoms with E-state index in [1.54, 1.807) is 6.08 Å². The number of rotatable bonds is 4. The average Bonchev–Trinajstić information content (AvgIpc) is 2.54. The van der Waals surface area contributed by atoms with E-state index in [0.29, 0.717) is 25.5 Å². The van der Waals surface area contributed by atoms with Crippen molar-refractivity contribution in [1.29, 1.82) is 0 Å².